The van der Waals surface area contributed by atoms with Crippen LogP contribution in [0.25, 0.3) is 11.4 Å². The van der Waals surface area contributed by atoms with Crippen molar-refractivity contribution in [3.05, 3.63) is 60.2 Å². The molecule has 2 N–H and O–H groups in total. The van der Waals surface area contributed by atoms with Crippen molar-refractivity contribution in [2.75, 3.05) is 10.6 Å². The second-order valence-corrected chi connectivity index (χ2v) is 6.19. The Morgan fingerprint density at radius 1 is 1.15 bits per heavy atom. The molecule has 1 aromatic heterocycles. The van der Waals surface area contributed by atoms with Gasteiger partial charge in [-0.15, -0.1) is 5.10 Å². The van der Waals surface area contributed by atoms with E-state index in [-0.39, 0.29) is 24.2 Å². The topological polar surface area (TPSA) is 88.9 Å². The van der Waals surface area contributed by atoms with E-state index in [1.165, 1.54) is 4.68 Å². The minimum Gasteiger partial charge on any atom is -0.324 e. The van der Waals surface area contributed by atoms with Gasteiger partial charge < -0.3 is 5.32 Å². The van der Waals surface area contributed by atoms with Crippen molar-refractivity contribution in [2.24, 2.45) is 0 Å². The minimum atomic E-state index is -0.745. The van der Waals surface area contributed by atoms with Gasteiger partial charge in [-0.25, -0.2) is 4.68 Å². The Morgan fingerprint density at radius 3 is 2.62 bits per heavy atom. The number of hydrogen-bond donors (Lipinski definition) is 2. The number of para-hydroxylation sites is 1. The van der Waals surface area contributed by atoms with Crippen molar-refractivity contribution in [3.8, 4) is 11.4 Å². The van der Waals surface area contributed by atoms with Crippen molar-refractivity contribution in [1.82, 2.24) is 14.8 Å². The molecule has 26 heavy (non-hydrogen) atoms. The Kier molecular flexibility index (Phi) is 3.96. The van der Waals surface area contributed by atoms with Crippen LogP contribution in [0.5, 0.6) is 0 Å². The van der Waals surface area contributed by atoms with Crippen molar-refractivity contribution >= 4 is 23.5 Å². The van der Waals surface area contributed by atoms with Crippen LogP contribution in [0.1, 0.15) is 18.0 Å². The Balaban J connectivity index is 1.65. The van der Waals surface area contributed by atoms with Crippen LogP contribution in [-0.2, 0) is 9.59 Å². The van der Waals surface area contributed by atoms with Crippen LogP contribution in [-0.4, -0.2) is 26.6 Å². The van der Waals surface area contributed by atoms with E-state index in [1.807, 2.05) is 49.4 Å². The summed E-state index contributed by atoms with van der Waals surface area (Å²) < 4.78 is 1.48. The van der Waals surface area contributed by atoms with Gasteiger partial charge >= 0.3 is 0 Å². The standard InChI is InChI=1S/C19H17N5O2/c1-12-7-9-13(10-8-12)17-22-19-21-16(25)11-15(24(19)23-17)18(26)20-14-5-3-2-4-6-14/h2-10,15H,11H2,1H3,(H,20,26)(H,21,22,23,25). The molecule has 1 unspecified atom stereocenters. The number of anilines is 2. The number of amides is 2. The number of aryl methyl sites for hydroxylation is 1. The molecule has 1 aliphatic heterocycles. The molecule has 2 aromatic carbocycles. The predicted molar refractivity (Wildman–Crippen MR) is 97.6 cm³/mol. The summed E-state index contributed by atoms with van der Waals surface area (Å²) in [6.07, 6.45) is 0.0162. The number of benzene rings is 2. The minimum absolute atomic E-state index is 0.0162. The van der Waals surface area contributed by atoms with Crippen LogP contribution in [0.4, 0.5) is 11.6 Å². The van der Waals surface area contributed by atoms with Crippen molar-refractivity contribution in [1.29, 1.82) is 0 Å². The highest BCUT2D eigenvalue weighted by Gasteiger charge is 2.33. The van der Waals surface area contributed by atoms with Gasteiger partial charge in [0.25, 0.3) is 0 Å². The first kappa shape index (κ1) is 16.0. The molecule has 7 heteroatoms. The number of nitrogens with zero attached hydrogens (tertiary/aromatic N) is 3. The zero-order chi connectivity index (χ0) is 18.1. The molecule has 0 bridgehead atoms. The highest BCUT2D eigenvalue weighted by atomic mass is 16.2. The highest BCUT2D eigenvalue weighted by Crippen LogP contribution is 2.27. The lowest BCUT2D eigenvalue weighted by Gasteiger charge is -2.22. The van der Waals surface area contributed by atoms with Gasteiger partial charge in [-0.05, 0) is 19.1 Å². The molecular weight excluding hydrogens is 330 g/mol. The van der Waals surface area contributed by atoms with Gasteiger partial charge in [-0.3, -0.25) is 14.9 Å². The average Bonchev–Trinajstić information content (AvgIpc) is 3.06. The lowest BCUT2D eigenvalue weighted by atomic mass is 10.1. The summed E-state index contributed by atoms with van der Waals surface area (Å²) >= 11 is 0. The van der Waals surface area contributed by atoms with E-state index < -0.39 is 6.04 Å². The van der Waals surface area contributed by atoms with E-state index in [2.05, 4.69) is 20.7 Å². The molecule has 0 radical (unpaired) electrons. The fourth-order valence-electron chi connectivity index (χ4n) is 2.84. The number of carbonyl (C=O) groups is 2. The van der Waals surface area contributed by atoms with Crippen LogP contribution >= 0.6 is 0 Å². The Labute approximate surface area is 150 Å². The summed E-state index contributed by atoms with van der Waals surface area (Å²) in [6, 6.07) is 16.1. The first-order valence-electron chi connectivity index (χ1n) is 8.29. The summed E-state index contributed by atoms with van der Waals surface area (Å²) in [5, 5.41) is 9.96. The van der Waals surface area contributed by atoms with Gasteiger partial charge in [0.2, 0.25) is 17.8 Å². The molecule has 1 aliphatic rings. The van der Waals surface area contributed by atoms with Gasteiger partial charge in [-0.1, -0.05) is 48.0 Å². The van der Waals surface area contributed by atoms with Gasteiger partial charge in [0.15, 0.2) is 5.82 Å². The molecular formula is C19H17N5O2. The molecule has 7 nitrogen and oxygen atoms in total. The summed E-state index contributed by atoms with van der Waals surface area (Å²) in [4.78, 5) is 29.1. The van der Waals surface area contributed by atoms with E-state index >= 15 is 0 Å². The third kappa shape index (κ3) is 3.06. The van der Waals surface area contributed by atoms with Crippen LogP contribution in [0.15, 0.2) is 54.6 Å². The highest BCUT2D eigenvalue weighted by molar-refractivity contribution is 6.00. The number of rotatable bonds is 3. The molecule has 1 atom stereocenters. The number of hydrogen-bond acceptors (Lipinski definition) is 4. The molecule has 0 aliphatic carbocycles. The largest absolute Gasteiger partial charge is 0.324 e. The zero-order valence-corrected chi connectivity index (χ0v) is 14.1. The fourth-order valence-corrected chi connectivity index (χ4v) is 2.84. The third-order valence-electron chi connectivity index (χ3n) is 4.21. The Bertz CT molecular complexity index is 963. The normalized spacial score (nSPS) is 15.9. The van der Waals surface area contributed by atoms with Crippen LogP contribution in [0, 0.1) is 6.92 Å². The second kappa shape index (κ2) is 6.44. The zero-order valence-electron chi connectivity index (χ0n) is 14.1. The fraction of sp³-hybridized carbons (Fsp3) is 0.158. The lowest BCUT2D eigenvalue weighted by molar-refractivity contribution is -0.125. The molecule has 0 spiro atoms. The first-order chi connectivity index (χ1) is 12.6. The molecule has 0 saturated heterocycles. The summed E-state index contributed by atoms with van der Waals surface area (Å²) in [5.74, 6) is 0.200. The summed E-state index contributed by atoms with van der Waals surface area (Å²) in [7, 11) is 0. The predicted octanol–water partition coefficient (Wildman–Crippen LogP) is 2.78. The molecule has 4 rings (SSSR count). The maximum Gasteiger partial charge on any atom is 0.249 e. The van der Waals surface area contributed by atoms with E-state index in [0.717, 1.165) is 11.1 Å². The van der Waals surface area contributed by atoms with Crippen molar-refractivity contribution in [2.45, 2.75) is 19.4 Å². The van der Waals surface area contributed by atoms with E-state index in [0.29, 0.717) is 11.5 Å². The van der Waals surface area contributed by atoms with Gasteiger partial charge in [0, 0.05) is 11.3 Å². The number of carbonyl (C=O) groups excluding carboxylic acids is 2. The van der Waals surface area contributed by atoms with Gasteiger partial charge in [-0.2, -0.15) is 4.98 Å². The first-order valence-corrected chi connectivity index (χ1v) is 8.29. The summed E-state index contributed by atoms with van der Waals surface area (Å²) in [6.45, 7) is 2.00. The maximum atomic E-state index is 12.7. The van der Waals surface area contributed by atoms with E-state index in [9.17, 15) is 9.59 Å². The average molecular weight is 347 g/mol. The van der Waals surface area contributed by atoms with E-state index in [1.54, 1.807) is 12.1 Å². The van der Waals surface area contributed by atoms with Crippen LogP contribution < -0.4 is 10.6 Å². The van der Waals surface area contributed by atoms with E-state index in [4.69, 9.17) is 0 Å². The Morgan fingerprint density at radius 2 is 1.88 bits per heavy atom. The smallest absolute Gasteiger partial charge is 0.249 e. The summed E-state index contributed by atoms with van der Waals surface area (Å²) in [5.41, 5.74) is 2.63. The molecule has 2 amide bonds. The number of nitrogens with one attached hydrogen (secondary N) is 2. The Hall–Kier alpha value is -3.48. The van der Waals surface area contributed by atoms with Crippen molar-refractivity contribution < 1.29 is 9.59 Å². The molecule has 3 aromatic rings. The SMILES string of the molecule is Cc1ccc(-c2nc3n(n2)C(C(=O)Nc2ccccc2)CC(=O)N3)cc1. The molecule has 0 saturated carbocycles. The third-order valence-corrected chi connectivity index (χ3v) is 4.21. The van der Waals surface area contributed by atoms with Crippen LogP contribution in [0.3, 0.4) is 0 Å². The van der Waals surface area contributed by atoms with Gasteiger partial charge in [0.1, 0.15) is 6.04 Å². The maximum absolute atomic E-state index is 12.7. The monoisotopic (exact) mass is 347 g/mol. The van der Waals surface area contributed by atoms with Crippen molar-refractivity contribution in [3.63, 3.8) is 0 Å². The molecule has 130 valence electrons. The quantitative estimate of drug-likeness (QED) is 0.762. The number of fused-ring (bicyclic) bond motifs is 1. The molecule has 0 fully saturated rings. The van der Waals surface area contributed by atoms with Crippen LogP contribution in [0.2, 0.25) is 0 Å². The second-order valence-electron chi connectivity index (χ2n) is 6.19. The molecule has 2 heterocycles. The number of aromatic nitrogens is 3. The lowest BCUT2D eigenvalue weighted by Crippen LogP contribution is -2.36. The van der Waals surface area contributed by atoms with Gasteiger partial charge in [0.05, 0.1) is 6.42 Å².